The molecular weight excluding hydrogens is 411 g/mol. The van der Waals surface area contributed by atoms with Gasteiger partial charge in [0.2, 0.25) is 4.75 Å². The molecule has 0 heterocycles. The van der Waals surface area contributed by atoms with Gasteiger partial charge in [0.25, 0.3) is 10.1 Å². The van der Waals surface area contributed by atoms with E-state index in [1.165, 1.54) is 19.9 Å². The van der Waals surface area contributed by atoms with Gasteiger partial charge in [-0.25, -0.2) is 4.18 Å². The van der Waals surface area contributed by atoms with E-state index in [0.717, 1.165) is 0 Å². The Labute approximate surface area is 188 Å². The summed E-state index contributed by atoms with van der Waals surface area (Å²) >= 11 is 0. The molecule has 0 amide bonds. The summed E-state index contributed by atoms with van der Waals surface area (Å²) in [5.41, 5.74) is 0. The Balaban J connectivity index is -0.000000457. The Morgan fingerprint density at radius 1 is 1.16 bits per heavy atom. The average Bonchev–Trinajstić information content (AvgIpc) is 2.39. The Bertz CT molecular complexity index is 656. The van der Waals surface area contributed by atoms with Crippen molar-refractivity contribution in [3.63, 3.8) is 0 Å². The Morgan fingerprint density at radius 2 is 1.60 bits per heavy atom. The second-order valence-corrected chi connectivity index (χ2v) is 7.09. The van der Waals surface area contributed by atoms with Crippen molar-refractivity contribution in [2.45, 2.75) is 31.4 Å². The van der Waals surface area contributed by atoms with E-state index in [-0.39, 0.29) is 64.4 Å². The molecule has 2 unspecified atom stereocenters. The molecule has 11 nitrogen and oxygen atoms in total. The van der Waals surface area contributed by atoms with Crippen molar-refractivity contribution in [1.82, 2.24) is 0 Å². The number of carbonyl (C=O) groups is 2. The number of aliphatic carboxylic acids is 2. The zero-order chi connectivity index (χ0) is 19.8. The summed E-state index contributed by atoms with van der Waals surface area (Å²) in [7, 11) is -9.27. The topological polar surface area (TPSA) is 193 Å². The van der Waals surface area contributed by atoms with Crippen molar-refractivity contribution < 1.29 is 49.9 Å². The number of carboxylic acid groups (broad SMARTS) is 2. The van der Waals surface area contributed by atoms with Gasteiger partial charge in [-0.15, -0.1) is 6.58 Å². The first-order chi connectivity index (χ1) is 10.7. The van der Waals surface area contributed by atoms with Gasteiger partial charge >= 0.3 is 73.7 Å². The van der Waals surface area contributed by atoms with Crippen LogP contribution < -0.4 is 0 Å². The minimum absolute atomic E-state index is 0. The number of carboxylic acids is 2. The Morgan fingerprint density at radius 3 is 1.68 bits per heavy atom. The molecule has 2 atom stereocenters. The molecule has 14 heteroatoms. The quantitative estimate of drug-likeness (QED) is 0.210. The molecule has 0 aliphatic carbocycles. The monoisotopic (exact) mass is 432 g/mol. The van der Waals surface area contributed by atoms with Crippen LogP contribution in [0.15, 0.2) is 12.7 Å². The molecular formula is C11H21KO11S2. The first-order valence-corrected chi connectivity index (χ1v) is 9.17. The van der Waals surface area contributed by atoms with Crippen molar-refractivity contribution >= 4 is 83.8 Å². The van der Waals surface area contributed by atoms with E-state index in [4.69, 9.17) is 19.3 Å². The van der Waals surface area contributed by atoms with Gasteiger partial charge in [0.15, 0.2) is 0 Å². The van der Waals surface area contributed by atoms with Crippen molar-refractivity contribution in [2.75, 3.05) is 6.61 Å². The summed E-state index contributed by atoms with van der Waals surface area (Å²) in [6, 6.07) is 0. The fourth-order valence-corrected chi connectivity index (χ4v) is 3.34. The molecule has 0 aliphatic heterocycles. The van der Waals surface area contributed by atoms with Crippen LogP contribution in [0.3, 0.4) is 0 Å². The Kier molecular flexibility index (Phi) is 14.9. The summed E-state index contributed by atoms with van der Waals surface area (Å²) < 4.78 is 59.6. The van der Waals surface area contributed by atoms with E-state index in [9.17, 15) is 26.4 Å². The predicted octanol–water partition coefficient (Wildman–Crippen LogP) is -0.438. The predicted molar refractivity (Wildman–Crippen MR) is 88.5 cm³/mol. The summed E-state index contributed by atoms with van der Waals surface area (Å²) in [6.07, 6.45) is 0.481. The van der Waals surface area contributed by atoms with Gasteiger partial charge in [-0.2, -0.15) is 16.8 Å². The summed E-state index contributed by atoms with van der Waals surface area (Å²) in [5, 5.41) is 17.7. The van der Waals surface area contributed by atoms with Crippen LogP contribution in [0.4, 0.5) is 0 Å². The van der Waals surface area contributed by atoms with E-state index in [1.54, 1.807) is 0 Å². The molecule has 0 fully saturated rings. The van der Waals surface area contributed by atoms with Crippen LogP contribution in [-0.4, -0.2) is 111 Å². The van der Waals surface area contributed by atoms with Crippen LogP contribution in [0.1, 0.15) is 26.7 Å². The maximum atomic E-state index is 11.1. The van der Waals surface area contributed by atoms with E-state index in [2.05, 4.69) is 10.8 Å². The molecule has 0 spiro atoms. The minimum atomic E-state index is -5.01. The number of hydrogen-bond acceptors (Lipinski definition) is 7. The van der Waals surface area contributed by atoms with Crippen LogP contribution >= 0.6 is 0 Å². The molecule has 0 saturated heterocycles. The van der Waals surface area contributed by atoms with Crippen molar-refractivity contribution in [3.8, 4) is 0 Å². The first-order valence-electron chi connectivity index (χ1n) is 6.37. The van der Waals surface area contributed by atoms with Gasteiger partial charge < -0.3 is 10.2 Å². The van der Waals surface area contributed by atoms with Crippen LogP contribution in [0.25, 0.3) is 0 Å². The number of hydrogen-bond donors (Lipinski definition) is 4. The van der Waals surface area contributed by atoms with Crippen LogP contribution in [0, 0.1) is 5.92 Å². The molecule has 25 heavy (non-hydrogen) atoms. The molecule has 0 bridgehead atoms. The van der Waals surface area contributed by atoms with Crippen molar-refractivity contribution in [1.29, 1.82) is 0 Å². The molecule has 144 valence electrons. The van der Waals surface area contributed by atoms with E-state index in [1.807, 2.05) is 0 Å². The van der Waals surface area contributed by atoms with E-state index < -0.39 is 49.5 Å². The first kappa shape index (κ1) is 29.8. The molecule has 0 aromatic rings. The second kappa shape index (κ2) is 12.5. The molecule has 0 saturated carbocycles. The third-order valence-corrected chi connectivity index (χ3v) is 5.05. The third-order valence-electron chi connectivity index (χ3n) is 2.95. The maximum absolute atomic E-state index is 11.1. The van der Waals surface area contributed by atoms with Crippen molar-refractivity contribution in [3.05, 3.63) is 12.7 Å². The fourth-order valence-electron chi connectivity index (χ4n) is 1.86. The second-order valence-electron chi connectivity index (χ2n) is 4.32. The van der Waals surface area contributed by atoms with Crippen LogP contribution in [0.5, 0.6) is 0 Å². The SMILES string of the molecule is C=CCOS(=O)(=O)O.CCC(C(=O)O)C(CC)(C(=O)O)S(=O)(=O)O.[KH]. The fraction of sp³-hybridized carbons (Fsp3) is 0.636. The van der Waals surface area contributed by atoms with Gasteiger partial charge in [-0.3, -0.25) is 18.7 Å². The molecule has 0 aromatic heterocycles. The zero-order valence-electron chi connectivity index (χ0n) is 12.9. The normalized spacial score (nSPS) is 14.7. The van der Waals surface area contributed by atoms with Gasteiger partial charge in [0, 0.05) is 0 Å². The zero-order valence-corrected chi connectivity index (χ0v) is 14.6. The van der Waals surface area contributed by atoms with Gasteiger partial charge in [-0.05, 0) is 12.8 Å². The standard InChI is InChI=1S/C8H14O7S.C3H6O4S.K.H/c1-3-5(6(9)10)8(4-2,7(11)12)16(13,14)15;1-2-3-7-8(4,5)6;;/h5H,3-4H2,1-2H3,(H,9,10)(H,11,12)(H,13,14,15);2H,1,3H2,(H,4,5,6);;. The third kappa shape index (κ3) is 9.55. The summed E-state index contributed by atoms with van der Waals surface area (Å²) in [4.78, 5) is 21.8. The van der Waals surface area contributed by atoms with E-state index in [0.29, 0.717) is 0 Å². The number of rotatable bonds is 9. The van der Waals surface area contributed by atoms with Gasteiger partial charge in [0.1, 0.15) is 0 Å². The molecule has 4 N–H and O–H groups in total. The summed E-state index contributed by atoms with van der Waals surface area (Å²) in [6.45, 7) is 5.51. The van der Waals surface area contributed by atoms with Crippen molar-refractivity contribution in [2.24, 2.45) is 5.92 Å². The van der Waals surface area contributed by atoms with Crippen LogP contribution in [-0.2, 0) is 34.3 Å². The van der Waals surface area contributed by atoms with E-state index >= 15 is 0 Å². The summed E-state index contributed by atoms with van der Waals surface area (Å²) in [5.74, 6) is -5.11. The molecule has 0 radical (unpaired) electrons. The van der Waals surface area contributed by atoms with Gasteiger partial charge in [0.05, 0.1) is 12.5 Å². The molecule has 0 aromatic carbocycles. The van der Waals surface area contributed by atoms with Crippen LogP contribution in [0.2, 0.25) is 0 Å². The van der Waals surface area contributed by atoms with Gasteiger partial charge in [-0.1, -0.05) is 19.9 Å². The molecule has 0 rings (SSSR count). The Hall–Kier alpha value is 0.0964. The molecule has 0 aliphatic rings. The average molecular weight is 433 g/mol.